The summed E-state index contributed by atoms with van der Waals surface area (Å²) in [6.07, 6.45) is 2.54. The maximum atomic E-state index is 12.1. The van der Waals surface area contributed by atoms with Crippen LogP contribution in [0.15, 0.2) is 63.8 Å². The van der Waals surface area contributed by atoms with Gasteiger partial charge in [-0.05, 0) is 31.2 Å². The number of fused-ring (bicyclic) bond motifs is 1. The Balaban J connectivity index is 2.05. The second-order valence-corrected chi connectivity index (χ2v) is 5.22. The number of hydrogen-bond donors (Lipinski definition) is 1. The number of aryl methyl sites for hydroxylation is 1. The summed E-state index contributed by atoms with van der Waals surface area (Å²) in [6, 6.07) is 13.8. The molecule has 0 spiro atoms. The van der Waals surface area contributed by atoms with E-state index in [1.165, 1.54) is 12.2 Å². The van der Waals surface area contributed by atoms with Gasteiger partial charge in [0.05, 0.1) is 5.39 Å². The van der Waals surface area contributed by atoms with Gasteiger partial charge in [0.1, 0.15) is 16.9 Å². The van der Waals surface area contributed by atoms with Gasteiger partial charge in [0.15, 0.2) is 5.78 Å². The van der Waals surface area contributed by atoms with Gasteiger partial charge in [-0.15, -0.1) is 0 Å². The number of carbonyl (C=O) groups excluding carboxylic acids is 1. The molecule has 4 heteroatoms. The average molecular weight is 306 g/mol. The molecule has 3 rings (SSSR count). The summed E-state index contributed by atoms with van der Waals surface area (Å²) in [7, 11) is 0. The zero-order valence-electron chi connectivity index (χ0n) is 12.4. The lowest BCUT2D eigenvalue weighted by Gasteiger charge is -2.04. The van der Waals surface area contributed by atoms with E-state index in [1.54, 1.807) is 42.5 Å². The molecule has 3 aromatic rings. The van der Waals surface area contributed by atoms with E-state index >= 15 is 0 Å². The summed E-state index contributed by atoms with van der Waals surface area (Å²) in [5.41, 5.74) is 1.02. The zero-order valence-corrected chi connectivity index (χ0v) is 12.4. The lowest BCUT2D eigenvalue weighted by atomic mass is 10.1. The van der Waals surface area contributed by atoms with Crippen molar-refractivity contribution in [2.45, 2.75) is 6.92 Å². The van der Waals surface area contributed by atoms with Gasteiger partial charge in [-0.2, -0.15) is 0 Å². The van der Waals surface area contributed by atoms with Crippen molar-refractivity contribution in [1.82, 2.24) is 0 Å². The quantitative estimate of drug-likeness (QED) is 0.455. The van der Waals surface area contributed by atoms with Gasteiger partial charge in [-0.3, -0.25) is 4.79 Å². The lowest BCUT2D eigenvalue weighted by Crippen LogP contribution is -2.04. The number of carbonyl (C=O) groups is 1. The highest BCUT2D eigenvalue weighted by Crippen LogP contribution is 2.27. The fraction of sp³-hybridized carbons (Fsp3) is 0.0526. The molecule has 0 atom stereocenters. The second kappa shape index (κ2) is 5.93. The van der Waals surface area contributed by atoms with Crippen molar-refractivity contribution in [3.63, 3.8) is 0 Å². The molecule has 0 bridgehead atoms. The fourth-order valence-electron chi connectivity index (χ4n) is 2.32. The van der Waals surface area contributed by atoms with E-state index in [0.29, 0.717) is 16.5 Å². The van der Waals surface area contributed by atoms with Crippen LogP contribution >= 0.6 is 0 Å². The average Bonchev–Trinajstić information content (AvgIpc) is 2.56. The van der Waals surface area contributed by atoms with Crippen molar-refractivity contribution in [1.29, 1.82) is 0 Å². The molecule has 4 nitrogen and oxygen atoms in total. The predicted octanol–water partition coefficient (Wildman–Crippen LogP) is 3.70. The molecule has 0 fully saturated rings. The Morgan fingerprint density at radius 3 is 2.61 bits per heavy atom. The predicted molar refractivity (Wildman–Crippen MR) is 88.7 cm³/mol. The standard InChI is InChI=1S/C19H14O4/c1-12-7-10-17-15(11-12)18(21)14(19(22)23-17)8-9-16(20)13-5-3-2-4-6-13/h2-11,21H,1H3/b9-8+. The van der Waals surface area contributed by atoms with E-state index in [2.05, 4.69) is 0 Å². The summed E-state index contributed by atoms with van der Waals surface area (Å²) in [4.78, 5) is 24.1. The third-order valence-electron chi connectivity index (χ3n) is 3.53. The third-order valence-corrected chi connectivity index (χ3v) is 3.53. The largest absolute Gasteiger partial charge is 0.506 e. The first kappa shape index (κ1) is 14.8. The molecule has 0 radical (unpaired) electrons. The minimum atomic E-state index is -0.684. The molecule has 1 heterocycles. The minimum Gasteiger partial charge on any atom is -0.506 e. The fourth-order valence-corrected chi connectivity index (χ4v) is 2.32. The number of hydrogen-bond acceptors (Lipinski definition) is 4. The van der Waals surface area contributed by atoms with Gasteiger partial charge in [-0.1, -0.05) is 42.0 Å². The first-order valence-corrected chi connectivity index (χ1v) is 7.10. The molecule has 0 unspecified atom stereocenters. The molecule has 0 aliphatic rings. The van der Waals surface area contributed by atoms with Crippen LogP contribution in [-0.4, -0.2) is 10.9 Å². The van der Waals surface area contributed by atoms with Gasteiger partial charge >= 0.3 is 5.63 Å². The van der Waals surface area contributed by atoms with Crippen molar-refractivity contribution in [3.8, 4) is 5.75 Å². The number of allylic oxidation sites excluding steroid dienone is 1. The number of ketones is 1. The Kier molecular flexibility index (Phi) is 3.81. The van der Waals surface area contributed by atoms with Crippen LogP contribution in [0.2, 0.25) is 0 Å². The summed E-state index contributed by atoms with van der Waals surface area (Å²) < 4.78 is 5.19. The Morgan fingerprint density at radius 1 is 1.13 bits per heavy atom. The van der Waals surface area contributed by atoms with E-state index in [-0.39, 0.29) is 17.1 Å². The van der Waals surface area contributed by atoms with Crippen molar-refractivity contribution >= 4 is 22.8 Å². The Labute approximate surface area is 132 Å². The van der Waals surface area contributed by atoms with E-state index in [4.69, 9.17) is 4.42 Å². The first-order valence-electron chi connectivity index (χ1n) is 7.10. The summed E-state index contributed by atoms with van der Waals surface area (Å²) in [5.74, 6) is -0.439. The molecule has 0 amide bonds. The monoisotopic (exact) mass is 306 g/mol. The molecule has 1 N–H and O–H groups in total. The van der Waals surface area contributed by atoms with E-state index in [1.807, 2.05) is 13.0 Å². The van der Waals surface area contributed by atoms with Crippen LogP contribution in [0.1, 0.15) is 21.5 Å². The van der Waals surface area contributed by atoms with Gasteiger partial charge in [0.2, 0.25) is 0 Å². The van der Waals surface area contributed by atoms with E-state index < -0.39 is 5.63 Å². The second-order valence-electron chi connectivity index (χ2n) is 5.22. The maximum absolute atomic E-state index is 12.1. The smallest absolute Gasteiger partial charge is 0.347 e. The molecule has 114 valence electrons. The SMILES string of the molecule is Cc1ccc2oc(=O)c(/C=C/C(=O)c3ccccc3)c(O)c2c1. The molecule has 1 aromatic heterocycles. The van der Waals surface area contributed by atoms with Crippen molar-refractivity contribution in [2.24, 2.45) is 0 Å². The van der Waals surface area contributed by atoms with Crippen LogP contribution in [0.4, 0.5) is 0 Å². The minimum absolute atomic E-state index is 0.0348. The molecule has 2 aromatic carbocycles. The molecular weight excluding hydrogens is 292 g/mol. The van der Waals surface area contributed by atoms with Crippen LogP contribution < -0.4 is 5.63 Å². The third kappa shape index (κ3) is 2.92. The van der Waals surface area contributed by atoms with Gasteiger partial charge < -0.3 is 9.52 Å². The number of benzene rings is 2. The maximum Gasteiger partial charge on any atom is 0.347 e. The van der Waals surface area contributed by atoms with E-state index in [0.717, 1.165) is 5.56 Å². The van der Waals surface area contributed by atoms with E-state index in [9.17, 15) is 14.7 Å². The first-order chi connectivity index (χ1) is 11.1. The molecule has 0 aliphatic carbocycles. The Hall–Kier alpha value is -3.14. The van der Waals surface area contributed by atoms with Crippen molar-refractivity contribution in [3.05, 3.63) is 81.7 Å². The van der Waals surface area contributed by atoms with Gasteiger partial charge in [0, 0.05) is 5.56 Å². The Bertz CT molecular complexity index is 966. The van der Waals surface area contributed by atoms with Gasteiger partial charge in [0.25, 0.3) is 0 Å². The van der Waals surface area contributed by atoms with Gasteiger partial charge in [-0.25, -0.2) is 4.79 Å². The highest BCUT2D eigenvalue weighted by atomic mass is 16.4. The molecule has 23 heavy (non-hydrogen) atoms. The normalized spacial score (nSPS) is 11.2. The molecule has 0 saturated heterocycles. The summed E-state index contributed by atoms with van der Waals surface area (Å²) in [6.45, 7) is 1.87. The molecular formula is C19H14O4. The van der Waals surface area contributed by atoms with Crippen LogP contribution in [0.3, 0.4) is 0 Å². The highest BCUT2D eigenvalue weighted by Gasteiger charge is 2.12. The Morgan fingerprint density at radius 2 is 1.87 bits per heavy atom. The zero-order chi connectivity index (χ0) is 16.4. The summed E-state index contributed by atoms with van der Waals surface area (Å²) in [5, 5.41) is 10.8. The van der Waals surface area contributed by atoms with Crippen LogP contribution in [0.25, 0.3) is 17.0 Å². The molecule has 0 aliphatic heterocycles. The lowest BCUT2D eigenvalue weighted by molar-refractivity contribution is 0.104. The molecule has 0 saturated carbocycles. The highest BCUT2D eigenvalue weighted by molar-refractivity contribution is 6.07. The topological polar surface area (TPSA) is 67.5 Å². The van der Waals surface area contributed by atoms with Crippen molar-refractivity contribution in [2.75, 3.05) is 0 Å². The van der Waals surface area contributed by atoms with Crippen LogP contribution in [-0.2, 0) is 0 Å². The number of aromatic hydroxyl groups is 1. The van der Waals surface area contributed by atoms with Crippen LogP contribution in [0, 0.1) is 6.92 Å². The van der Waals surface area contributed by atoms with Crippen molar-refractivity contribution < 1.29 is 14.3 Å². The summed E-state index contributed by atoms with van der Waals surface area (Å²) >= 11 is 0. The van der Waals surface area contributed by atoms with Crippen LogP contribution in [0.5, 0.6) is 5.75 Å². The number of rotatable bonds is 3.